The van der Waals surface area contributed by atoms with Crippen LogP contribution in [0.4, 0.5) is 4.39 Å². The van der Waals surface area contributed by atoms with E-state index in [0.29, 0.717) is 5.56 Å². The highest BCUT2D eigenvalue weighted by molar-refractivity contribution is 5.96. The fourth-order valence-corrected chi connectivity index (χ4v) is 2.00. The molecule has 0 bridgehead atoms. The second kappa shape index (κ2) is 4.61. The number of halogens is 1. The zero-order valence-corrected chi connectivity index (χ0v) is 10.2. The third-order valence-electron chi connectivity index (χ3n) is 2.88. The van der Waals surface area contributed by atoms with Crippen molar-refractivity contribution in [3.05, 3.63) is 58.9 Å². The van der Waals surface area contributed by atoms with E-state index in [9.17, 15) is 14.3 Å². The van der Waals surface area contributed by atoms with Gasteiger partial charge >= 0.3 is 5.97 Å². The topological polar surface area (TPSA) is 37.3 Å². The standard InChI is InChI=1S/C15H13FO2/c1-9-3-5-13(14(7-9)15(17)18)12-6-4-11(16)8-10(12)2/h3-8H,1-2H3,(H,17,18). The molecule has 92 valence electrons. The molecule has 0 saturated carbocycles. The monoisotopic (exact) mass is 244 g/mol. The van der Waals surface area contributed by atoms with Gasteiger partial charge in [0.2, 0.25) is 0 Å². The van der Waals surface area contributed by atoms with Crippen LogP contribution in [0, 0.1) is 19.7 Å². The van der Waals surface area contributed by atoms with Gasteiger partial charge in [0.05, 0.1) is 5.56 Å². The zero-order valence-electron chi connectivity index (χ0n) is 10.2. The summed E-state index contributed by atoms with van der Waals surface area (Å²) < 4.78 is 13.1. The lowest BCUT2D eigenvalue weighted by atomic mass is 9.94. The summed E-state index contributed by atoms with van der Waals surface area (Å²) in [7, 11) is 0. The number of hydrogen-bond acceptors (Lipinski definition) is 1. The lowest BCUT2D eigenvalue weighted by molar-refractivity contribution is 0.0697. The van der Waals surface area contributed by atoms with Crippen molar-refractivity contribution in [2.24, 2.45) is 0 Å². The van der Waals surface area contributed by atoms with Crippen LogP contribution in [0.15, 0.2) is 36.4 Å². The first-order chi connectivity index (χ1) is 8.49. The van der Waals surface area contributed by atoms with Crippen LogP contribution in [-0.4, -0.2) is 11.1 Å². The number of aromatic carboxylic acids is 1. The second-order valence-corrected chi connectivity index (χ2v) is 4.31. The molecule has 3 heteroatoms. The van der Waals surface area contributed by atoms with Crippen LogP contribution in [-0.2, 0) is 0 Å². The molecule has 0 aromatic heterocycles. The van der Waals surface area contributed by atoms with Gasteiger partial charge in [-0.25, -0.2) is 9.18 Å². The van der Waals surface area contributed by atoms with Gasteiger partial charge in [0.25, 0.3) is 0 Å². The van der Waals surface area contributed by atoms with Crippen molar-refractivity contribution in [2.75, 3.05) is 0 Å². The van der Waals surface area contributed by atoms with E-state index in [-0.39, 0.29) is 11.4 Å². The summed E-state index contributed by atoms with van der Waals surface area (Å²) in [6.45, 7) is 3.61. The third kappa shape index (κ3) is 2.25. The second-order valence-electron chi connectivity index (χ2n) is 4.31. The number of carboxylic acid groups (broad SMARTS) is 1. The highest BCUT2D eigenvalue weighted by atomic mass is 19.1. The minimum atomic E-state index is -0.975. The minimum absolute atomic E-state index is 0.240. The van der Waals surface area contributed by atoms with Crippen molar-refractivity contribution in [1.82, 2.24) is 0 Å². The first-order valence-corrected chi connectivity index (χ1v) is 5.59. The predicted octanol–water partition coefficient (Wildman–Crippen LogP) is 3.81. The molecule has 0 radical (unpaired) electrons. The molecular weight excluding hydrogens is 231 g/mol. The van der Waals surface area contributed by atoms with E-state index < -0.39 is 5.97 Å². The van der Waals surface area contributed by atoms with Gasteiger partial charge in [-0.1, -0.05) is 23.8 Å². The fraction of sp³-hybridized carbons (Fsp3) is 0.133. The molecule has 2 aromatic rings. The van der Waals surface area contributed by atoms with Gasteiger partial charge in [-0.05, 0) is 48.7 Å². The van der Waals surface area contributed by atoms with E-state index in [4.69, 9.17) is 0 Å². The van der Waals surface area contributed by atoms with Crippen LogP contribution in [0.5, 0.6) is 0 Å². The number of carbonyl (C=O) groups is 1. The Morgan fingerprint density at radius 1 is 1.06 bits per heavy atom. The molecule has 0 saturated heterocycles. The highest BCUT2D eigenvalue weighted by Crippen LogP contribution is 2.28. The van der Waals surface area contributed by atoms with Gasteiger partial charge in [-0.3, -0.25) is 0 Å². The number of hydrogen-bond donors (Lipinski definition) is 1. The van der Waals surface area contributed by atoms with Crippen LogP contribution >= 0.6 is 0 Å². The van der Waals surface area contributed by atoms with Crippen LogP contribution in [0.3, 0.4) is 0 Å². The highest BCUT2D eigenvalue weighted by Gasteiger charge is 2.13. The summed E-state index contributed by atoms with van der Waals surface area (Å²) in [5, 5.41) is 9.22. The molecule has 0 heterocycles. The number of aryl methyl sites for hydroxylation is 2. The molecule has 0 aliphatic rings. The molecule has 2 aromatic carbocycles. The molecule has 0 aliphatic carbocycles. The normalized spacial score (nSPS) is 10.4. The van der Waals surface area contributed by atoms with Crippen molar-refractivity contribution in [2.45, 2.75) is 13.8 Å². The molecule has 2 rings (SSSR count). The Morgan fingerprint density at radius 2 is 1.72 bits per heavy atom. The molecule has 0 amide bonds. The molecule has 0 unspecified atom stereocenters. The molecule has 2 nitrogen and oxygen atoms in total. The Morgan fingerprint density at radius 3 is 2.33 bits per heavy atom. The summed E-state index contributed by atoms with van der Waals surface area (Å²) in [6.07, 6.45) is 0. The van der Waals surface area contributed by atoms with E-state index in [0.717, 1.165) is 16.7 Å². The minimum Gasteiger partial charge on any atom is -0.478 e. The molecule has 1 N–H and O–H groups in total. The van der Waals surface area contributed by atoms with Crippen LogP contribution in [0.25, 0.3) is 11.1 Å². The summed E-state index contributed by atoms with van der Waals surface area (Å²) in [6, 6.07) is 9.60. The summed E-state index contributed by atoms with van der Waals surface area (Å²) in [5.74, 6) is -1.29. The number of carboxylic acids is 1. The SMILES string of the molecule is Cc1ccc(-c2ccc(F)cc2C)c(C(=O)O)c1. The lowest BCUT2D eigenvalue weighted by Gasteiger charge is -2.10. The molecule has 0 aliphatic heterocycles. The maximum Gasteiger partial charge on any atom is 0.336 e. The first-order valence-electron chi connectivity index (χ1n) is 5.59. The van der Waals surface area contributed by atoms with Crippen LogP contribution in [0.1, 0.15) is 21.5 Å². The van der Waals surface area contributed by atoms with Crippen molar-refractivity contribution in [3.8, 4) is 11.1 Å². The summed E-state index contributed by atoms with van der Waals surface area (Å²) in [4.78, 5) is 11.3. The Bertz CT molecular complexity index is 618. The first kappa shape index (κ1) is 12.3. The maximum absolute atomic E-state index is 13.1. The van der Waals surface area contributed by atoms with E-state index >= 15 is 0 Å². The van der Waals surface area contributed by atoms with Gasteiger partial charge < -0.3 is 5.11 Å². The van der Waals surface area contributed by atoms with E-state index in [1.54, 1.807) is 25.1 Å². The lowest BCUT2D eigenvalue weighted by Crippen LogP contribution is -2.01. The van der Waals surface area contributed by atoms with E-state index in [1.165, 1.54) is 12.1 Å². The van der Waals surface area contributed by atoms with Crippen molar-refractivity contribution >= 4 is 5.97 Å². The average molecular weight is 244 g/mol. The Balaban J connectivity index is 2.67. The zero-order chi connectivity index (χ0) is 13.3. The van der Waals surface area contributed by atoms with E-state index in [2.05, 4.69) is 0 Å². The quantitative estimate of drug-likeness (QED) is 0.872. The van der Waals surface area contributed by atoms with Crippen LogP contribution in [0.2, 0.25) is 0 Å². The third-order valence-corrected chi connectivity index (χ3v) is 2.88. The Kier molecular flexibility index (Phi) is 3.15. The number of benzene rings is 2. The van der Waals surface area contributed by atoms with Crippen molar-refractivity contribution in [3.63, 3.8) is 0 Å². The Labute approximate surface area is 105 Å². The molecule has 18 heavy (non-hydrogen) atoms. The maximum atomic E-state index is 13.1. The molecule has 0 spiro atoms. The number of rotatable bonds is 2. The van der Waals surface area contributed by atoms with Gasteiger partial charge in [0, 0.05) is 0 Å². The summed E-state index contributed by atoms with van der Waals surface area (Å²) in [5.41, 5.74) is 3.21. The van der Waals surface area contributed by atoms with Gasteiger partial charge in [-0.2, -0.15) is 0 Å². The van der Waals surface area contributed by atoms with Crippen LogP contribution < -0.4 is 0 Å². The van der Waals surface area contributed by atoms with Crippen molar-refractivity contribution < 1.29 is 14.3 Å². The van der Waals surface area contributed by atoms with Crippen molar-refractivity contribution in [1.29, 1.82) is 0 Å². The largest absolute Gasteiger partial charge is 0.478 e. The molecule has 0 fully saturated rings. The van der Waals surface area contributed by atoms with Gasteiger partial charge in [0.15, 0.2) is 0 Å². The Hall–Kier alpha value is -2.16. The van der Waals surface area contributed by atoms with Gasteiger partial charge in [0.1, 0.15) is 5.82 Å². The predicted molar refractivity (Wildman–Crippen MR) is 68.3 cm³/mol. The molecular formula is C15H13FO2. The van der Waals surface area contributed by atoms with Gasteiger partial charge in [-0.15, -0.1) is 0 Å². The smallest absolute Gasteiger partial charge is 0.336 e. The molecule has 0 atom stereocenters. The summed E-state index contributed by atoms with van der Waals surface area (Å²) >= 11 is 0. The fourth-order valence-electron chi connectivity index (χ4n) is 2.00. The average Bonchev–Trinajstić information content (AvgIpc) is 2.29. The van der Waals surface area contributed by atoms with E-state index in [1.807, 2.05) is 13.0 Å².